The van der Waals surface area contributed by atoms with Crippen LogP contribution in [0.1, 0.15) is 25.8 Å². The molecular formula is C18H27NO4. The molecule has 1 aliphatic heterocycles. The molecule has 1 fully saturated rings. The second-order valence-electron chi connectivity index (χ2n) is 6.46. The molecule has 5 heteroatoms. The number of likely N-dealkylation sites (tertiary alicyclic amines) is 1. The predicted molar refractivity (Wildman–Crippen MR) is 89.3 cm³/mol. The van der Waals surface area contributed by atoms with Gasteiger partial charge in [-0.1, -0.05) is 13.8 Å². The SMILES string of the molecule is COc1cc(CC(=O)N2C[C@@H](C)C[C@H](C)C2)cc(OC)c1OC. The van der Waals surface area contributed by atoms with Gasteiger partial charge in [0.15, 0.2) is 11.5 Å². The van der Waals surface area contributed by atoms with Gasteiger partial charge in [0.1, 0.15) is 0 Å². The van der Waals surface area contributed by atoms with E-state index in [0.29, 0.717) is 35.5 Å². The number of carbonyl (C=O) groups is 1. The number of rotatable bonds is 5. The Labute approximate surface area is 138 Å². The van der Waals surface area contributed by atoms with Crippen LogP contribution < -0.4 is 14.2 Å². The summed E-state index contributed by atoms with van der Waals surface area (Å²) in [6, 6.07) is 3.69. The van der Waals surface area contributed by atoms with E-state index in [4.69, 9.17) is 14.2 Å². The molecule has 1 aliphatic rings. The van der Waals surface area contributed by atoms with Crippen LogP contribution in [0.2, 0.25) is 0 Å². The molecule has 1 saturated heterocycles. The van der Waals surface area contributed by atoms with E-state index in [-0.39, 0.29) is 5.91 Å². The Kier molecular flexibility index (Phi) is 5.74. The summed E-state index contributed by atoms with van der Waals surface area (Å²) < 4.78 is 16.0. The summed E-state index contributed by atoms with van der Waals surface area (Å²) in [5.74, 6) is 2.97. The molecule has 1 heterocycles. The quantitative estimate of drug-likeness (QED) is 0.837. The van der Waals surface area contributed by atoms with E-state index in [1.807, 2.05) is 17.0 Å². The molecule has 0 spiro atoms. The molecule has 1 aromatic carbocycles. The van der Waals surface area contributed by atoms with Gasteiger partial charge in [-0.15, -0.1) is 0 Å². The van der Waals surface area contributed by atoms with Crippen LogP contribution in [0.5, 0.6) is 17.2 Å². The van der Waals surface area contributed by atoms with Gasteiger partial charge in [0.05, 0.1) is 27.8 Å². The summed E-state index contributed by atoms with van der Waals surface area (Å²) in [4.78, 5) is 14.6. The first-order valence-corrected chi connectivity index (χ1v) is 8.05. The van der Waals surface area contributed by atoms with Gasteiger partial charge in [0, 0.05) is 13.1 Å². The smallest absolute Gasteiger partial charge is 0.227 e. The molecule has 23 heavy (non-hydrogen) atoms. The molecule has 0 radical (unpaired) electrons. The highest BCUT2D eigenvalue weighted by Gasteiger charge is 2.26. The number of ether oxygens (including phenoxy) is 3. The lowest BCUT2D eigenvalue weighted by Crippen LogP contribution is -2.43. The van der Waals surface area contributed by atoms with E-state index < -0.39 is 0 Å². The summed E-state index contributed by atoms with van der Waals surface area (Å²) in [5.41, 5.74) is 0.871. The van der Waals surface area contributed by atoms with E-state index in [2.05, 4.69) is 13.8 Å². The maximum Gasteiger partial charge on any atom is 0.227 e. The van der Waals surface area contributed by atoms with Crippen molar-refractivity contribution in [3.8, 4) is 17.2 Å². The largest absolute Gasteiger partial charge is 0.493 e. The van der Waals surface area contributed by atoms with Crippen LogP contribution in [0, 0.1) is 11.8 Å². The Hall–Kier alpha value is -1.91. The van der Waals surface area contributed by atoms with Crippen molar-refractivity contribution in [1.82, 2.24) is 4.90 Å². The summed E-state index contributed by atoms with van der Waals surface area (Å²) in [6.07, 6.45) is 1.53. The number of piperidine rings is 1. The zero-order valence-electron chi connectivity index (χ0n) is 14.7. The Bertz CT molecular complexity index is 523. The van der Waals surface area contributed by atoms with E-state index in [9.17, 15) is 4.79 Å². The Morgan fingerprint density at radius 1 is 1.04 bits per heavy atom. The zero-order chi connectivity index (χ0) is 17.0. The number of benzene rings is 1. The van der Waals surface area contributed by atoms with Crippen molar-refractivity contribution in [3.63, 3.8) is 0 Å². The third-order valence-electron chi connectivity index (χ3n) is 4.30. The Morgan fingerprint density at radius 3 is 2.00 bits per heavy atom. The average molecular weight is 321 g/mol. The van der Waals surface area contributed by atoms with Crippen LogP contribution >= 0.6 is 0 Å². The van der Waals surface area contributed by atoms with E-state index >= 15 is 0 Å². The first kappa shape index (κ1) is 17.4. The van der Waals surface area contributed by atoms with Crippen LogP contribution in [0.3, 0.4) is 0 Å². The Balaban J connectivity index is 2.17. The number of amides is 1. The highest BCUT2D eigenvalue weighted by atomic mass is 16.5. The van der Waals surface area contributed by atoms with Crippen molar-refractivity contribution in [2.75, 3.05) is 34.4 Å². The second kappa shape index (κ2) is 7.57. The number of nitrogens with zero attached hydrogens (tertiary/aromatic N) is 1. The van der Waals surface area contributed by atoms with Crippen LogP contribution in [0.4, 0.5) is 0 Å². The van der Waals surface area contributed by atoms with Gasteiger partial charge in [-0.3, -0.25) is 4.79 Å². The first-order valence-electron chi connectivity index (χ1n) is 8.05. The molecule has 0 N–H and O–H groups in total. The van der Waals surface area contributed by atoms with Gasteiger partial charge in [-0.2, -0.15) is 0 Å². The maximum atomic E-state index is 12.6. The van der Waals surface area contributed by atoms with Crippen LogP contribution in [-0.2, 0) is 11.2 Å². The van der Waals surface area contributed by atoms with Crippen molar-refractivity contribution in [2.24, 2.45) is 11.8 Å². The third-order valence-corrected chi connectivity index (χ3v) is 4.30. The highest BCUT2D eigenvalue weighted by Crippen LogP contribution is 2.38. The fourth-order valence-electron chi connectivity index (χ4n) is 3.39. The molecule has 0 bridgehead atoms. The summed E-state index contributed by atoms with van der Waals surface area (Å²) in [6.45, 7) is 6.09. The monoisotopic (exact) mass is 321 g/mol. The molecule has 0 aromatic heterocycles. The van der Waals surface area contributed by atoms with Gasteiger partial charge in [-0.05, 0) is 36.0 Å². The van der Waals surface area contributed by atoms with Crippen LogP contribution in [-0.4, -0.2) is 45.2 Å². The van der Waals surface area contributed by atoms with Crippen molar-refractivity contribution in [2.45, 2.75) is 26.7 Å². The minimum absolute atomic E-state index is 0.151. The number of hydrogen-bond acceptors (Lipinski definition) is 4. The third kappa shape index (κ3) is 4.09. The number of carbonyl (C=O) groups excluding carboxylic acids is 1. The molecule has 1 aromatic rings. The van der Waals surface area contributed by atoms with Crippen molar-refractivity contribution in [3.05, 3.63) is 17.7 Å². The molecule has 128 valence electrons. The molecule has 0 aliphatic carbocycles. The topological polar surface area (TPSA) is 48.0 Å². The minimum atomic E-state index is 0.151. The van der Waals surface area contributed by atoms with Gasteiger partial charge < -0.3 is 19.1 Å². The zero-order valence-corrected chi connectivity index (χ0v) is 14.7. The average Bonchev–Trinajstić information content (AvgIpc) is 2.52. The van der Waals surface area contributed by atoms with Gasteiger partial charge in [0.25, 0.3) is 0 Å². The first-order chi connectivity index (χ1) is 11.0. The van der Waals surface area contributed by atoms with Gasteiger partial charge in [0.2, 0.25) is 11.7 Å². The van der Waals surface area contributed by atoms with E-state index in [1.54, 1.807) is 21.3 Å². The molecule has 0 saturated carbocycles. The standard InChI is InChI=1S/C18H27NO4/c1-12-6-13(2)11-19(10-12)17(20)9-14-7-15(21-3)18(23-5)16(8-14)22-4/h7-8,12-13H,6,9-11H2,1-5H3/t12-,13-/m0/s1. The number of hydrogen-bond donors (Lipinski definition) is 0. The highest BCUT2D eigenvalue weighted by molar-refractivity contribution is 5.79. The molecule has 5 nitrogen and oxygen atoms in total. The van der Waals surface area contributed by atoms with E-state index in [1.165, 1.54) is 6.42 Å². The number of methoxy groups -OCH3 is 3. The normalized spacial score (nSPS) is 21.0. The molecular weight excluding hydrogens is 294 g/mol. The van der Waals surface area contributed by atoms with Gasteiger partial charge >= 0.3 is 0 Å². The molecule has 0 unspecified atom stereocenters. The molecule has 2 atom stereocenters. The predicted octanol–water partition coefficient (Wildman–Crippen LogP) is 2.76. The van der Waals surface area contributed by atoms with Crippen molar-refractivity contribution in [1.29, 1.82) is 0 Å². The van der Waals surface area contributed by atoms with Gasteiger partial charge in [-0.25, -0.2) is 0 Å². The Morgan fingerprint density at radius 2 is 1.57 bits per heavy atom. The summed E-state index contributed by atoms with van der Waals surface area (Å²) in [5, 5.41) is 0. The van der Waals surface area contributed by atoms with Crippen LogP contribution in [0.15, 0.2) is 12.1 Å². The lowest BCUT2D eigenvalue weighted by atomic mass is 9.91. The maximum absolute atomic E-state index is 12.6. The summed E-state index contributed by atoms with van der Waals surface area (Å²) in [7, 11) is 4.73. The van der Waals surface area contributed by atoms with Crippen LogP contribution in [0.25, 0.3) is 0 Å². The minimum Gasteiger partial charge on any atom is -0.493 e. The molecule has 1 amide bonds. The fourth-order valence-corrected chi connectivity index (χ4v) is 3.39. The summed E-state index contributed by atoms with van der Waals surface area (Å²) >= 11 is 0. The lowest BCUT2D eigenvalue weighted by molar-refractivity contribution is -0.133. The van der Waals surface area contributed by atoms with Crippen molar-refractivity contribution < 1.29 is 19.0 Å². The lowest BCUT2D eigenvalue weighted by Gasteiger charge is -2.35. The molecule has 2 rings (SSSR count). The van der Waals surface area contributed by atoms with E-state index in [0.717, 1.165) is 18.7 Å². The second-order valence-corrected chi connectivity index (χ2v) is 6.46. The fraction of sp³-hybridized carbons (Fsp3) is 0.611. The van der Waals surface area contributed by atoms with Crippen molar-refractivity contribution >= 4 is 5.91 Å².